The van der Waals surface area contributed by atoms with Crippen molar-refractivity contribution in [2.75, 3.05) is 0 Å². The van der Waals surface area contributed by atoms with Crippen LogP contribution >= 0.6 is 11.3 Å². The van der Waals surface area contributed by atoms with Crippen LogP contribution in [0.25, 0.3) is 10.7 Å². The summed E-state index contributed by atoms with van der Waals surface area (Å²) in [6.07, 6.45) is 0. The number of nitrogens with one attached hydrogen (secondary N) is 3. The molecule has 0 radical (unpaired) electrons. The number of H-pyrrole nitrogens is 2. The third kappa shape index (κ3) is 3.21. The van der Waals surface area contributed by atoms with Crippen LogP contribution in [0.15, 0.2) is 28.4 Å². The molecule has 1 amide bonds. The van der Waals surface area contributed by atoms with Crippen LogP contribution in [0.5, 0.6) is 0 Å². The van der Waals surface area contributed by atoms with E-state index in [1.807, 2.05) is 17.5 Å². The highest BCUT2D eigenvalue weighted by molar-refractivity contribution is 7.13. The molecule has 3 rings (SSSR count). The average Bonchev–Trinajstić information content (AvgIpc) is 3.15. The minimum Gasteiger partial charge on any atom is -0.345 e. The molecule has 3 heterocycles. The second kappa shape index (κ2) is 6.17. The summed E-state index contributed by atoms with van der Waals surface area (Å²) in [5, 5.41) is 11.5. The largest absolute Gasteiger partial charge is 0.345 e. The minimum absolute atomic E-state index is 0.119. The standard InChI is InChI=1S/C15H15N5O2S/c1-8-6-9(2)17-15(22)12(8)14(21)16-7-11-18-13(20-19-11)10-4-3-5-23-10/h3-6H,7H2,1-2H3,(H,16,21)(H,17,22)(H,18,19,20). The fraction of sp³-hybridized carbons (Fsp3) is 0.200. The van der Waals surface area contributed by atoms with Crippen molar-refractivity contribution < 1.29 is 4.79 Å². The third-order valence-electron chi connectivity index (χ3n) is 3.28. The first-order valence-electron chi connectivity index (χ1n) is 6.98. The Balaban J connectivity index is 1.72. The van der Waals surface area contributed by atoms with Crippen LogP contribution in [0, 0.1) is 13.8 Å². The van der Waals surface area contributed by atoms with E-state index in [9.17, 15) is 9.59 Å². The summed E-state index contributed by atoms with van der Waals surface area (Å²) in [6.45, 7) is 3.68. The van der Waals surface area contributed by atoms with Crippen molar-refractivity contribution in [3.63, 3.8) is 0 Å². The van der Waals surface area contributed by atoms with Gasteiger partial charge in [0, 0.05) is 5.69 Å². The molecule has 3 N–H and O–H groups in total. The van der Waals surface area contributed by atoms with Crippen molar-refractivity contribution in [3.05, 3.63) is 56.6 Å². The van der Waals surface area contributed by atoms with Gasteiger partial charge in [0.1, 0.15) is 11.4 Å². The van der Waals surface area contributed by atoms with Gasteiger partial charge in [0.05, 0.1) is 11.4 Å². The second-order valence-electron chi connectivity index (χ2n) is 5.11. The van der Waals surface area contributed by atoms with Gasteiger partial charge in [-0.25, -0.2) is 4.98 Å². The third-order valence-corrected chi connectivity index (χ3v) is 4.15. The van der Waals surface area contributed by atoms with Gasteiger partial charge >= 0.3 is 0 Å². The van der Waals surface area contributed by atoms with Gasteiger partial charge in [-0.3, -0.25) is 14.7 Å². The Labute approximate surface area is 135 Å². The number of aromatic nitrogens is 4. The van der Waals surface area contributed by atoms with Crippen molar-refractivity contribution in [3.8, 4) is 10.7 Å². The van der Waals surface area contributed by atoms with Gasteiger partial charge in [-0.15, -0.1) is 11.3 Å². The lowest BCUT2D eigenvalue weighted by Gasteiger charge is -2.06. The van der Waals surface area contributed by atoms with E-state index in [1.54, 1.807) is 19.9 Å². The topological polar surface area (TPSA) is 104 Å². The zero-order valence-electron chi connectivity index (χ0n) is 12.6. The Hall–Kier alpha value is -2.74. The van der Waals surface area contributed by atoms with Gasteiger partial charge in [-0.05, 0) is 36.9 Å². The summed E-state index contributed by atoms with van der Waals surface area (Å²) in [4.78, 5) is 32.0. The van der Waals surface area contributed by atoms with Gasteiger partial charge in [0.2, 0.25) is 0 Å². The number of aromatic amines is 2. The zero-order chi connectivity index (χ0) is 16.4. The Morgan fingerprint density at radius 2 is 2.22 bits per heavy atom. The van der Waals surface area contributed by atoms with Crippen LogP contribution < -0.4 is 10.9 Å². The van der Waals surface area contributed by atoms with Crippen LogP contribution in [-0.4, -0.2) is 26.1 Å². The quantitative estimate of drug-likeness (QED) is 0.678. The van der Waals surface area contributed by atoms with Crippen LogP contribution in [0.2, 0.25) is 0 Å². The maximum absolute atomic E-state index is 12.2. The van der Waals surface area contributed by atoms with E-state index in [1.165, 1.54) is 11.3 Å². The Morgan fingerprint density at radius 3 is 2.91 bits per heavy atom. The molecule has 3 aromatic rings. The van der Waals surface area contributed by atoms with E-state index in [4.69, 9.17) is 0 Å². The van der Waals surface area contributed by atoms with Gasteiger partial charge in [-0.2, -0.15) is 5.10 Å². The fourth-order valence-electron chi connectivity index (χ4n) is 2.28. The van der Waals surface area contributed by atoms with Crippen molar-refractivity contribution in [2.45, 2.75) is 20.4 Å². The fourth-order valence-corrected chi connectivity index (χ4v) is 2.94. The number of amides is 1. The zero-order valence-corrected chi connectivity index (χ0v) is 13.5. The van der Waals surface area contributed by atoms with Crippen molar-refractivity contribution in [1.82, 2.24) is 25.5 Å². The monoisotopic (exact) mass is 329 g/mol. The van der Waals surface area contributed by atoms with E-state index in [-0.39, 0.29) is 12.1 Å². The molecule has 0 saturated carbocycles. The lowest BCUT2D eigenvalue weighted by Crippen LogP contribution is -2.31. The molecule has 7 nitrogen and oxygen atoms in total. The highest BCUT2D eigenvalue weighted by Crippen LogP contribution is 2.20. The van der Waals surface area contributed by atoms with Crippen LogP contribution in [-0.2, 0) is 6.54 Å². The Bertz CT molecular complexity index is 895. The number of carbonyl (C=O) groups is 1. The number of hydrogen-bond acceptors (Lipinski definition) is 5. The second-order valence-corrected chi connectivity index (χ2v) is 6.05. The predicted molar refractivity (Wildman–Crippen MR) is 87.4 cm³/mol. The van der Waals surface area contributed by atoms with E-state index < -0.39 is 11.5 Å². The number of rotatable bonds is 4. The maximum atomic E-state index is 12.2. The first-order valence-corrected chi connectivity index (χ1v) is 7.86. The van der Waals surface area contributed by atoms with E-state index in [0.717, 1.165) is 10.6 Å². The molecule has 0 aromatic carbocycles. The number of nitrogens with zero attached hydrogens (tertiary/aromatic N) is 2. The van der Waals surface area contributed by atoms with Crippen molar-refractivity contribution in [1.29, 1.82) is 0 Å². The summed E-state index contributed by atoms with van der Waals surface area (Å²) < 4.78 is 0. The molecule has 0 fully saturated rings. The Kier molecular flexibility index (Phi) is 4.07. The molecule has 118 valence electrons. The lowest BCUT2D eigenvalue weighted by molar-refractivity contribution is 0.0947. The molecular formula is C15H15N5O2S. The molecule has 23 heavy (non-hydrogen) atoms. The highest BCUT2D eigenvalue weighted by Gasteiger charge is 2.15. The molecule has 0 saturated heterocycles. The molecule has 0 aliphatic carbocycles. The molecule has 0 bridgehead atoms. The molecular weight excluding hydrogens is 314 g/mol. The minimum atomic E-state index is -0.433. The smallest absolute Gasteiger partial charge is 0.261 e. The van der Waals surface area contributed by atoms with Crippen LogP contribution in [0.3, 0.4) is 0 Å². The van der Waals surface area contributed by atoms with Crippen LogP contribution in [0.4, 0.5) is 0 Å². The molecule has 0 unspecified atom stereocenters. The van der Waals surface area contributed by atoms with Crippen molar-refractivity contribution in [2.24, 2.45) is 0 Å². The van der Waals surface area contributed by atoms with Gasteiger partial charge in [-0.1, -0.05) is 6.07 Å². The van der Waals surface area contributed by atoms with E-state index >= 15 is 0 Å². The Morgan fingerprint density at radius 1 is 1.39 bits per heavy atom. The molecule has 8 heteroatoms. The summed E-state index contributed by atoms with van der Waals surface area (Å²) in [7, 11) is 0. The molecule has 0 aliphatic heterocycles. The summed E-state index contributed by atoms with van der Waals surface area (Å²) in [5.74, 6) is 0.689. The van der Waals surface area contributed by atoms with Gasteiger partial charge in [0.25, 0.3) is 11.5 Å². The molecule has 0 aliphatic rings. The van der Waals surface area contributed by atoms with Crippen LogP contribution in [0.1, 0.15) is 27.4 Å². The van der Waals surface area contributed by atoms with Gasteiger partial charge in [0.15, 0.2) is 5.82 Å². The average molecular weight is 329 g/mol. The predicted octanol–water partition coefficient (Wildman–Crippen LogP) is 1.77. The molecule has 0 spiro atoms. The first-order chi connectivity index (χ1) is 11.0. The first kappa shape index (κ1) is 15.2. The van der Waals surface area contributed by atoms with E-state index in [2.05, 4.69) is 25.5 Å². The number of hydrogen-bond donors (Lipinski definition) is 3. The SMILES string of the molecule is Cc1cc(C)c(C(=O)NCc2nc(-c3cccs3)n[nH]2)c(=O)[nH]1. The normalized spacial score (nSPS) is 10.7. The number of pyridine rings is 1. The summed E-state index contributed by atoms with van der Waals surface area (Å²) in [6, 6.07) is 5.61. The summed E-state index contributed by atoms with van der Waals surface area (Å²) in [5.41, 5.74) is 1.09. The summed E-state index contributed by atoms with van der Waals surface area (Å²) >= 11 is 1.54. The van der Waals surface area contributed by atoms with Gasteiger partial charge < -0.3 is 10.3 Å². The van der Waals surface area contributed by atoms with E-state index in [0.29, 0.717) is 17.2 Å². The highest BCUT2D eigenvalue weighted by atomic mass is 32.1. The maximum Gasteiger partial charge on any atom is 0.261 e. The van der Waals surface area contributed by atoms with Crippen molar-refractivity contribution >= 4 is 17.2 Å². The number of thiophene rings is 1. The molecule has 3 aromatic heterocycles. The number of aryl methyl sites for hydroxylation is 2. The lowest BCUT2D eigenvalue weighted by atomic mass is 10.1. The molecule has 0 atom stereocenters. The number of carbonyl (C=O) groups excluding carboxylic acids is 1.